The fourth-order valence-corrected chi connectivity index (χ4v) is 3.55. The lowest BCUT2D eigenvalue weighted by atomic mass is 9.79. The minimum Gasteiger partial charge on any atom is -0.389 e. The van der Waals surface area contributed by atoms with Crippen LogP contribution in [0.3, 0.4) is 0 Å². The second kappa shape index (κ2) is 7.30. The largest absolute Gasteiger partial charge is 0.389 e. The van der Waals surface area contributed by atoms with Crippen LogP contribution in [0, 0.1) is 0 Å². The first kappa shape index (κ1) is 17.4. The van der Waals surface area contributed by atoms with Gasteiger partial charge in [-0.3, -0.25) is 9.89 Å². The number of carbonyl (C=O) groups excluding carboxylic acids is 1. The van der Waals surface area contributed by atoms with Gasteiger partial charge < -0.3 is 15.7 Å². The van der Waals surface area contributed by atoms with Crippen LogP contribution in [0.4, 0.5) is 0 Å². The summed E-state index contributed by atoms with van der Waals surface area (Å²) in [6.07, 6.45) is 1.34. The second-order valence-electron chi connectivity index (χ2n) is 6.67. The van der Waals surface area contributed by atoms with Crippen LogP contribution in [0.15, 0.2) is 60.9 Å². The summed E-state index contributed by atoms with van der Waals surface area (Å²) < 4.78 is 0. The first-order valence-electron chi connectivity index (χ1n) is 8.92. The minimum atomic E-state index is -0.812. The van der Waals surface area contributed by atoms with Crippen LogP contribution in [0.2, 0.25) is 0 Å². The molecule has 1 amide bonds. The first-order valence-corrected chi connectivity index (χ1v) is 8.92. The molecule has 4 rings (SSSR count). The summed E-state index contributed by atoms with van der Waals surface area (Å²) in [5.41, 5.74) is 1.47. The van der Waals surface area contributed by atoms with Crippen molar-refractivity contribution < 1.29 is 9.90 Å². The molecule has 0 spiro atoms. The maximum absolute atomic E-state index is 13.0. The molecule has 1 fully saturated rings. The molecule has 27 heavy (non-hydrogen) atoms. The summed E-state index contributed by atoms with van der Waals surface area (Å²) in [5.74, 6) is 0.431. The van der Waals surface area contributed by atoms with Crippen LogP contribution >= 0.6 is 0 Å². The summed E-state index contributed by atoms with van der Waals surface area (Å²) >= 11 is 0. The van der Waals surface area contributed by atoms with Crippen molar-refractivity contribution in [3.63, 3.8) is 0 Å². The molecule has 1 aliphatic rings. The number of aromatic amines is 1. The topological polar surface area (TPSA) is 103 Å². The van der Waals surface area contributed by atoms with Crippen LogP contribution in [0.1, 0.15) is 22.3 Å². The molecule has 0 aliphatic carbocycles. The third-order valence-corrected chi connectivity index (χ3v) is 5.06. The van der Waals surface area contributed by atoms with Crippen LogP contribution in [0.25, 0.3) is 11.4 Å². The van der Waals surface area contributed by atoms with E-state index in [-0.39, 0.29) is 5.91 Å². The Morgan fingerprint density at radius 2 is 1.93 bits per heavy atom. The smallest absolute Gasteiger partial charge is 0.252 e. The molecule has 2 aromatic carbocycles. The highest BCUT2D eigenvalue weighted by Crippen LogP contribution is 2.31. The summed E-state index contributed by atoms with van der Waals surface area (Å²) in [6, 6.07) is 16.8. The van der Waals surface area contributed by atoms with Crippen molar-refractivity contribution in [2.24, 2.45) is 0 Å². The molecule has 7 nitrogen and oxygen atoms in total. The van der Waals surface area contributed by atoms with E-state index >= 15 is 0 Å². The van der Waals surface area contributed by atoms with Gasteiger partial charge in [-0.25, -0.2) is 4.98 Å². The molecule has 0 unspecified atom stereocenters. The quantitative estimate of drug-likeness (QED) is 0.562. The van der Waals surface area contributed by atoms with Gasteiger partial charge in [-0.2, -0.15) is 5.10 Å². The summed E-state index contributed by atoms with van der Waals surface area (Å²) in [6.45, 7) is 1.15. The molecule has 1 aliphatic heterocycles. The molecule has 1 aromatic heterocycles. The zero-order chi connectivity index (χ0) is 18.7. The monoisotopic (exact) mass is 363 g/mol. The highest BCUT2D eigenvalue weighted by molar-refractivity contribution is 5.95. The normalized spacial score (nSPS) is 22.3. The van der Waals surface area contributed by atoms with Crippen LogP contribution in [0.5, 0.6) is 0 Å². The van der Waals surface area contributed by atoms with Crippen molar-refractivity contribution in [2.75, 3.05) is 13.1 Å². The number of aromatic nitrogens is 3. The number of hydrogen-bond donors (Lipinski definition) is 4. The fourth-order valence-electron chi connectivity index (χ4n) is 3.55. The molecule has 3 aromatic rings. The highest BCUT2D eigenvalue weighted by atomic mass is 16.3. The molecule has 7 heteroatoms. The molecular formula is C20H21N5O2. The molecule has 2 atom stereocenters. The summed E-state index contributed by atoms with van der Waals surface area (Å²) in [4.78, 5) is 17.1. The van der Waals surface area contributed by atoms with Gasteiger partial charge in [0.15, 0.2) is 5.82 Å². The number of nitrogens with one attached hydrogen (secondary N) is 3. The number of piperidine rings is 1. The van der Waals surface area contributed by atoms with Crippen LogP contribution < -0.4 is 10.6 Å². The van der Waals surface area contributed by atoms with Crippen molar-refractivity contribution in [2.45, 2.75) is 18.1 Å². The summed E-state index contributed by atoms with van der Waals surface area (Å²) in [5, 5.41) is 23.7. The standard InChI is InChI=1S/C20H21N5O2/c26-17-12-21-11-10-20(17,16-4-2-1-3-5-16)24-19(27)15-8-6-14(7-9-15)18-22-13-23-25-18/h1-9,13,17,21,26H,10-12H2,(H,24,27)(H,22,23,25)/t17-,20-/m1/s1. The van der Waals surface area contributed by atoms with E-state index < -0.39 is 11.6 Å². The number of H-pyrrole nitrogens is 1. The Morgan fingerprint density at radius 3 is 2.59 bits per heavy atom. The molecule has 2 heterocycles. The predicted molar refractivity (Wildman–Crippen MR) is 101 cm³/mol. The van der Waals surface area contributed by atoms with Gasteiger partial charge >= 0.3 is 0 Å². The first-order chi connectivity index (χ1) is 13.2. The number of hydrogen-bond acceptors (Lipinski definition) is 5. The number of carbonyl (C=O) groups is 1. The average Bonchev–Trinajstić information content (AvgIpc) is 3.25. The Hall–Kier alpha value is -3.03. The minimum absolute atomic E-state index is 0.219. The molecule has 4 N–H and O–H groups in total. The molecule has 1 saturated heterocycles. The Balaban J connectivity index is 1.60. The lowest BCUT2D eigenvalue weighted by Gasteiger charge is -2.43. The summed E-state index contributed by atoms with van der Waals surface area (Å²) in [7, 11) is 0. The molecule has 0 radical (unpaired) electrons. The van der Waals surface area contributed by atoms with E-state index in [1.807, 2.05) is 42.5 Å². The Morgan fingerprint density at radius 1 is 1.15 bits per heavy atom. The van der Waals surface area contributed by atoms with E-state index in [4.69, 9.17) is 0 Å². The molecule has 138 valence electrons. The van der Waals surface area contributed by atoms with Crippen LogP contribution in [-0.4, -0.2) is 45.4 Å². The van der Waals surface area contributed by atoms with Crippen molar-refractivity contribution in [1.82, 2.24) is 25.8 Å². The number of amides is 1. The SMILES string of the molecule is O=C(N[C@@]1(c2ccccc2)CCNC[C@H]1O)c1ccc(-c2ncn[nH]2)cc1. The number of rotatable bonds is 4. The van der Waals surface area contributed by atoms with Gasteiger partial charge in [0.1, 0.15) is 6.33 Å². The number of aliphatic hydroxyl groups excluding tert-OH is 1. The van der Waals surface area contributed by atoms with Gasteiger partial charge in [0, 0.05) is 17.7 Å². The Labute approximate surface area is 156 Å². The third kappa shape index (κ3) is 3.34. The number of aliphatic hydroxyl groups is 1. The van der Waals surface area contributed by atoms with E-state index in [1.54, 1.807) is 12.1 Å². The Bertz CT molecular complexity index is 896. The van der Waals surface area contributed by atoms with Crippen molar-refractivity contribution in [1.29, 1.82) is 0 Å². The van der Waals surface area contributed by atoms with E-state index in [9.17, 15) is 9.90 Å². The Kier molecular flexibility index (Phi) is 4.70. The van der Waals surface area contributed by atoms with Gasteiger partial charge in [0.2, 0.25) is 0 Å². The molecule has 0 bridgehead atoms. The maximum atomic E-state index is 13.0. The lowest BCUT2D eigenvalue weighted by Crippen LogP contribution is -2.61. The lowest BCUT2D eigenvalue weighted by molar-refractivity contribution is 0.0290. The van der Waals surface area contributed by atoms with Gasteiger partial charge in [-0.15, -0.1) is 0 Å². The van der Waals surface area contributed by atoms with Gasteiger partial charge in [-0.05, 0) is 30.7 Å². The van der Waals surface area contributed by atoms with E-state index in [0.717, 1.165) is 17.7 Å². The maximum Gasteiger partial charge on any atom is 0.252 e. The van der Waals surface area contributed by atoms with Crippen molar-refractivity contribution in [3.8, 4) is 11.4 Å². The van der Waals surface area contributed by atoms with Gasteiger partial charge in [0.25, 0.3) is 5.91 Å². The predicted octanol–water partition coefficient (Wildman–Crippen LogP) is 1.45. The van der Waals surface area contributed by atoms with E-state index in [0.29, 0.717) is 24.4 Å². The fraction of sp³-hybridized carbons (Fsp3) is 0.250. The van der Waals surface area contributed by atoms with Gasteiger partial charge in [-0.1, -0.05) is 42.5 Å². The number of β-amino-alcohol motifs (C(OH)–C–C–N with tert-alkyl or cyclic N) is 1. The molecular weight excluding hydrogens is 342 g/mol. The zero-order valence-electron chi connectivity index (χ0n) is 14.7. The zero-order valence-corrected chi connectivity index (χ0v) is 14.7. The van der Waals surface area contributed by atoms with Crippen molar-refractivity contribution >= 4 is 5.91 Å². The number of nitrogens with zero attached hydrogens (tertiary/aromatic N) is 2. The third-order valence-electron chi connectivity index (χ3n) is 5.06. The van der Waals surface area contributed by atoms with Crippen LogP contribution in [-0.2, 0) is 5.54 Å². The highest BCUT2D eigenvalue weighted by Gasteiger charge is 2.42. The average molecular weight is 363 g/mol. The number of benzene rings is 2. The second-order valence-corrected chi connectivity index (χ2v) is 6.67. The van der Waals surface area contributed by atoms with Gasteiger partial charge in [0.05, 0.1) is 11.6 Å². The molecule has 0 saturated carbocycles. The van der Waals surface area contributed by atoms with E-state index in [2.05, 4.69) is 25.8 Å². The van der Waals surface area contributed by atoms with Crippen molar-refractivity contribution in [3.05, 3.63) is 72.1 Å². The van der Waals surface area contributed by atoms with E-state index in [1.165, 1.54) is 6.33 Å².